The summed E-state index contributed by atoms with van der Waals surface area (Å²) in [5, 5.41) is 2.49. The number of nitrogens with one attached hydrogen (secondary N) is 2. The van der Waals surface area contributed by atoms with E-state index in [0.717, 1.165) is 11.2 Å². The molecule has 0 amide bonds. The van der Waals surface area contributed by atoms with Crippen molar-refractivity contribution in [1.82, 2.24) is 9.97 Å². The lowest BCUT2D eigenvalue weighted by atomic mass is 9.83. The molecule has 3 heteroatoms. The van der Waals surface area contributed by atoms with Crippen LogP contribution in [0.3, 0.4) is 0 Å². The van der Waals surface area contributed by atoms with Gasteiger partial charge in [0.25, 0.3) is 0 Å². The normalized spacial score (nSPS) is 17.0. The van der Waals surface area contributed by atoms with Gasteiger partial charge in [-0.25, -0.2) is 0 Å². The van der Waals surface area contributed by atoms with Gasteiger partial charge in [0.05, 0.1) is 5.69 Å². The first-order chi connectivity index (χ1) is 12.6. The highest BCUT2D eigenvalue weighted by Crippen LogP contribution is 2.49. The average Bonchev–Trinajstić information content (AvgIpc) is 3.21. The summed E-state index contributed by atoms with van der Waals surface area (Å²) < 4.78 is 6.23. The van der Waals surface area contributed by atoms with E-state index in [9.17, 15) is 0 Å². The largest absolute Gasteiger partial charge is 0.368 e. The molecule has 1 aliphatic carbocycles. The molecule has 1 fully saturated rings. The minimum Gasteiger partial charge on any atom is -0.368 e. The lowest BCUT2D eigenvalue weighted by molar-refractivity contribution is 0.0365. The second kappa shape index (κ2) is 5.49. The second-order valence-corrected chi connectivity index (χ2v) is 7.71. The Morgan fingerprint density at radius 2 is 1.92 bits per heavy atom. The number of methoxy groups -OCH3 is 1. The molecule has 2 heterocycles. The molecule has 132 valence electrons. The minimum absolute atomic E-state index is 0.523. The van der Waals surface area contributed by atoms with Gasteiger partial charge in [-0.3, -0.25) is 0 Å². The molecule has 0 spiro atoms. The first-order valence-electron chi connectivity index (χ1n) is 9.36. The molecule has 4 aromatic rings. The summed E-state index contributed by atoms with van der Waals surface area (Å²) in [6.07, 6.45) is 4.59. The van der Waals surface area contributed by atoms with Crippen LogP contribution in [0.15, 0.2) is 48.7 Å². The van der Waals surface area contributed by atoms with Crippen LogP contribution in [0.5, 0.6) is 0 Å². The minimum atomic E-state index is -0.523. The van der Waals surface area contributed by atoms with Crippen LogP contribution in [0.2, 0.25) is 0 Å². The van der Waals surface area contributed by atoms with Crippen LogP contribution < -0.4 is 0 Å². The van der Waals surface area contributed by atoms with E-state index in [0.29, 0.717) is 5.92 Å². The third-order valence-electron chi connectivity index (χ3n) is 6.02. The van der Waals surface area contributed by atoms with Crippen molar-refractivity contribution in [2.75, 3.05) is 7.11 Å². The fourth-order valence-electron chi connectivity index (χ4n) is 4.36. The van der Waals surface area contributed by atoms with E-state index in [1.165, 1.54) is 45.8 Å². The Labute approximate surface area is 153 Å². The fraction of sp³-hybridized carbons (Fsp3) is 0.304. The molecule has 2 aromatic heterocycles. The average molecular weight is 344 g/mol. The summed E-state index contributed by atoms with van der Waals surface area (Å²) in [5.41, 5.74) is 7.00. The van der Waals surface area contributed by atoms with E-state index in [4.69, 9.17) is 4.74 Å². The van der Waals surface area contributed by atoms with Gasteiger partial charge in [-0.15, -0.1) is 0 Å². The summed E-state index contributed by atoms with van der Waals surface area (Å²) in [5.74, 6) is 0.654. The summed E-state index contributed by atoms with van der Waals surface area (Å²) in [6, 6.07) is 15.2. The number of hydrogen-bond donors (Lipinski definition) is 2. The molecule has 3 nitrogen and oxygen atoms in total. The van der Waals surface area contributed by atoms with Gasteiger partial charge in [0.2, 0.25) is 0 Å². The second-order valence-electron chi connectivity index (χ2n) is 7.71. The molecule has 0 bridgehead atoms. The van der Waals surface area contributed by atoms with Crippen molar-refractivity contribution in [2.45, 2.75) is 38.2 Å². The Morgan fingerprint density at radius 3 is 2.65 bits per heavy atom. The Balaban J connectivity index is 1.82. The monoisotopic (exact) mass is 344 g/mol. The Bertz CT molecular complexity index is 1080. The highest BCUT2D eigenvalue weighted by atomic mass is 16.5. The van der Waals surface area contributed by atoms with Crippen LogP contribution in [0.4, 0.5) is 0 Å². The number of aromatic nitrogens is 2. The van der Waals surface area contributed by atoms with E-state index in [1.807, 2.05) is 13.3 Å². The molecule has 2 aromatic carbocycles. The molecule has 1 atom stereocenters. The maximum Gasteiger partial charge on any atom is 0.130 e. The number of fused-ring (bicyclic) bond motifs is 2. The standard InChI is InChI=1S/C23H24N2O/c1-14-12-18(15-8-9-15)21(17-10-11-24-22(14)17)23(2,26-3)20-13-16-6-4-5-7-19(16)25-20/h4-7,10-13,15,24-25H,8-9H2,1-3H3. The Hall–Kier alpha value is -2.52. The van der Waals surface area contributed by atoms with Crippen LogP contribution >= 0.6 is 0 Å². The van der Waals surface area contributed by atoms with Gasteiger partial charge in [-0.2, -0.15) is 0 Å². The maximum absolute atomic E-state index is 6.23. The van der Waals surface area contributed by atoms with E-state index >= 15 is 0 Å². The molecule has 2 N–H and O–H groups in total. The van der Waals surface area contributed by atoms with Crippen LogP contribution in [-0.2, 0) is 10.3 Å². The SMILES string of the molecule is COC(C)(c1cc2ccccc2[nH]1)c1c(C2CC2)cc(C)c2[nH]ccc12. The first kappa shape index (κ1) is 15.7. The molecule has 5 rings (SSSR count). The molecule has 1 unspecified atom stereocenters. The van der Waals surface area contributed by atoms with E-state index in [-0.39, 0.29) is 0 Å². The smallest absolute Gasteiger partial charge is 0.130 e. The van der Waals surface area contributed by atoms with Gasteiger partial charge in [0.1, 0.15) is 5.60 Å². The molecular weight excluding hydrogens is 320 g/mol. The number of ether oxygens (including phenoxy) is 1. The van der Waals surface area contributed by atoms with Crippen molar-refractivity contribution in [3.63, 3.8) is 0 Å². The van der Waals surface area contributed by atoms with E-state index < -0.39 is 5.60 Å². The molecule has 0 saturated heterocycles. The lowest BCUT2D eigenvalue weighted by Crippen LogP contribution is -2.28. The van der Waals surface area contributed by atoms with Gasteiger partial charge in [0.15, 0.2) is 0 Å². The van der Waals surface area contributed by atoms with Crippen LogP contribution in [0.25, 0.3) is 21.8 Å². The third-order valence-corrected chi connectivity index (χ3v) is 6.02. The lowest BCUT2D eigenvalue weighted by Gasteiger charge is -2.31. The molecule has 0 aliphatic heterocycles. The predicted octanol–water partition coefficient (Wildman–Crippen LogP) is 5.74. The summed E-state index contributed by atoms with van der Waals surface area (Å²) in [6.45, 7) is 4.39. The summed E-state index contributed by atoms with van der Waals surface area (Å²) in [7, 11) is 1.82. The van der Waals surface area contributed by atoms with Crippen molar-refractivity contribution >= 4 is 21.8 Å². The van der Waals surface area contributed by atoms with Gasteiger partial charge >= 0.3 is 0 Å². The zero-order valence-corrected chi connectivity index (χ0v) is 15.5. The Kier molecular flexibility index (Phi) is 3.32. The van der Waals surface area contributed by atoms with Gasteiger partial charge in [-0.1, -0.05) is 24.3 Å². The van der Waals surface area contributed by atoms with Gasteiger partial charge in [-0.05, 0) is 67.3 Å². The van der Waals surface area contributed by atoms with Crippen molar-refractivity contribution in [1.29, 1.82) is 0 Å². The number of rotatable bonds is 4. The number of benzene rings is 2. The number of aryl methyl sites for hydroxylation is 1. The highest BCUT2D eigenvalue weighted by molar-refractivity contribution is 5.89. The Morgan fingerprint density at radius 1 is 1.12 bits per heavy atom. The first-order valence-corrected chi connectivity index (χ1v) is 9.36. The molecular formula is C23H24N2O. The maximum atomic E-state index is 6.23. The van der Waals surface area contributed by atoms with Crippen molar-refractivity contribution < 1.29 is 4.74 Å². The van der Waals surface area contributed by atoms with Gasteiger partial charge < -0.3 is 14.7 Å². The molecule has 1 aliphatic rings. The number of hydrogen-bond acceptors (Lipinski definition) is 1. The quantitative estimate of drug-likeness (QED) is 0.486. The van der Waals surface area contributed by atoms with Crippen molar-refractivity contribution in [3.8, 4) is 0 Å². The van der Waals surface area contributed by atoms with Crippen molar-refractivity contribution in [3.05, 3.63) is 71.0 Å². The number of para-hydroxylation sites is 1. The number of H-pyrrole nitrogens is 2. The zero-order chi connectivity index (χ0) is 17.9. The molecule has 0 radical (unpaired) electrons. The van der Waals surface area contributed by atoms with Crippen LogP contribution in [-0.4, -0.2) is 17.1 Å². The third kappa shape index (κ3) is 2.17. The van der Waals surface area contributed by atoms with Crippen LogP contribution in [0, 0.1) is 6.92 Å². The summed E-state index contributed by atoms with van der Waals surface area (Å²) >= 11 is 0. The topological polar surface area (TPSA) is 40.8 Å². The van der Waals surface area contributed by atoms with Gasteiger partial charge in [0, 0.05) is 35.3 Å². The zero-order valence-electron chi connectivity index (χ0n) is 15.5. The predicted molar refractivity (Wildman–Crippen MR) is 107 cm³/mol. The van der Waals surface area contributed by atoms with E-state index in [2.05, 4.69) is 66.3 Å². The van der Waals surface area contributed by atoms with Crippen molar-refractivity contribution in [2.24, 2.45) is 0 Å². The molecule has 1 saturated carbocycles. The summed E-state index contributed by atoms with van der Waals surface area (Å²) in [4.78, 5) is 7.03. The van der Waals surface area contributed by atoms with Crippen LogP contribution in [0.1, 0.15) is 48.1 Å². The number of aromatic amines is 2. The highest BCUT2D eigenvalue weighted by Gasteiger charge is 2.39. The van der Waals surface area contributed by atoms with E-state index in [1.54, 1.807) is 0 Å². The fourth-order valence-corrected chi connectivity index (χ4v) is 4.36. The molecule has 26 heavy (non-hydrogen) atoms.